The molecule has 3 rings (SSSR count). The van der Waals surface area contributed by atoms with Crippen LogP contribution in [-0.4, -0.2) is 25.2 Å². The lowest BCUT2D eigenvalue weighted by molar-refractivity contribution is 0.251. The summed E-state index contributed by atoms with van der Waals surface area (Å²) in [7, 11) is 0. The first-order chi connectivity index (χ1) is 18.2. The fourth-order valence-electron chi connectivity index (χ4n) is 4.61. The molecule has 208 valence electrons. The number of ether oxygens (including phenoxy) is 1. The van der Waals surface area contributed by atoms with Crippen molar-refractivity contribution in [2.75, 3.05) is 23.7 Å². The Balaban J connectivity index is 1.84. The number of anilines is 2. The molecule has 9 heteroatoms. The van der Waals surface area contributed by atoms with Crippen LogP contribution in [0.1, 0.15) is 90.2 Å². The summed E-state index contributed by atoms with van der Waals surface area (Å²) in [4.78, 5) is 25.3. The van der Waals surface area contributed by atoms with E-state index in [1.165, 1.54) is 0 Å². The van der Waals surface area contributed by atoms with Gasteiger partial charge in [0, 0.05) is 39.7 Å². The second-order valence-corrected chi connectivity index (χ2v) is 11.1. The van der Waals surface area contributed by atoms with Gasteiger partial charge in [0.2, 0.25) is 0 Å². The van der Waals surface area contributed by atoms with Crippen molar-refractivity contribution in [2.45, 2.75) is 84.5 Å². The average molecular weight is 564 g/mol. The molecule has 1 heterocycles. The zero-order chi connectivity index (χ0) is 27.7. The minimum Gasteiger partial charge on any atom is -0.452 e. The highest BCUT2D eigenvalue weighted by Crippen LogP contribution is 2.54. The first kappa shape index (κ1) is 29.9. The van der Waals surface area contributed by atoms with Crippen molar-refractivity contribution in [1.29, 1.82) is 0 Å². The predicted octanol–water partition coefficient (Wildman–Crippen LogP) is 8.83. The summed E-state index contributed by atoms with van der Waals surface area (Å²) in [6, 6.07) is 6.37. The number of benzene rings is 2. The second kappa shape index (κ2) is 13.9. The molecule has 4 N–H and O–H groups in total. The number of rotatable bonds is 12. The predicted molar refractivity (Wildman–Crippen MR) is 157 cm³/mol. The lowest BCUT2D eigenvalue weighted by Gasteiger charge is -2.36. The zero-order valence-corrected chi connectivity index (χ0v) is 24.4. The van der Waals surface area contributed by atoms with Crippen LogP contribution in [0.3, 0.4) is 0 Å². The van der Waals surface area contributed by atoms with Crippen molar-refractivity contribution >= 4 is 46.6 Å². The quantitative estimate of drug-likeness (QED) is 0.195. The van der Waals surface area contributed by atoms with Crippen LogP contribution in [0.2, 0.25) is 10.0 Å². The first-order valence-electron chi connectivity index (χ1n) is 13.6. The maximum Gasteiger partial charge on any atom is 0.319 e. The molecule has 0 saturated heterocycles. The third kappa shape index (κ3) is 7.70. The van der Waals surface area contributed by atoms with Gasteiger partial charge in [0.05, 0.1) is 11.4 Å². The van der Waals surface area contributed by atoms with Crippen molar-refractivity contribution in [3.05, 3.63) is 45.4 Å². The van der Waals surface area contributed by atoms with Crippen LogP contribution in [0.15, 0.2) is 24.3 Å². The maximum absolute atomic E-state index is 12.7. The Morgan fingerprint density at radius 3 is 1.53 bits per heavy atom. The summed E-state index contributed by atoms with van der Waals surface area (Å²) in [6.45, 7) is 9.55. The molecule has 7 nitrogen and oxygen atoms in total. The number of unbranched alkanes of at least 4 members (excludes halogenated alkanes) is 6. The molecule has 0 atom stereocenters. The highest BCUT2D eigenvalue weighted by Gasteiger charge is 2.38. The van der Waals surface area contributed by atoms with Gasteiger partial charge in [0.1, 0.15) is 0 Å². The van der Waals surface area contributed by atoms with Crippen LogP contribution in [0.25, 0.3) is 0 Å². The molecule has 0 spiro atoms. The summed E-state index contributed by atoms with van der Waals surface area (Å²) in [6.07, 6.45) is 8.54. The van der Waals surface area contributed by atoms with E-state index in [1.807, 2.05) is 26.0 Å². The SMILES string of the molecule is CCCCCCNC(=O)Nc1cc(Cl)cc2c1Oc1c(NC(=O)NCCCCCC)cc(Cl)cc1C2(C)C. The number of carbonyl (C=O) groups is 2. The van der Waals surface area contributed by atoms with Gasteiger partial charge >= 0.3 is 12.1 Å². The number of carbonyl (C=O) groups excluding carboxylic acids is 2. The van der Waals surface area contributed by atoms with E-state index in [4.69, 9.17) is 27.9 Å². The minimum atomic E-state index is -0.571. The van der Waals surface area contributed by atoms with Gasteiger partial charge in [-0.1, -0.05) is 89.4 Å². The van der Waals surface area contributed by atoms with E-state index in [0.717, 1.165) is 62.5 Å². The van der Waals surface area contributed by atoms with Gasteiger partial charge in [-0.25, -0.2) is 9.59 Å². The van der Waals surface area contributed by atoms with E-state index in [2.05, 4.69) is 35.1 Å². The molecule has 0 saturated carbocycles. The number of hydrogen-bond acceptors (Lipinski definition) is 3. The Kier molecular flexibility index (Phi) is 11.0. The molecule has 1 aliphatic heterocycles. The highest BCUT2D eigenvalue weighted by atomic mass is 35.5. The molecule has 0 fully saturated rings. The fraction of sp³-hybridized carbons (Fsp3) is 0.517. The van der Waals surface area contributed by atoms with Crippen molar-refractivity contribution in [3.8, 4) is 11.5 Å². The molecule has 1 aliphatic rings. The normalized spacial score (nSPS) is 13.1. The molecule has 38 heavy (non-hydrogen) atoms. The van der Waals surface area contributed by atoms with Gasteiger partial charge in [-0.3, -0.25) is 0 Å². The lowest BCUT2D eigenvalue weighted by atomic mass is 9.75. The first-order valence-corrected chi connectivity index (χ1v) is 14.4. The van der Waals surface area contributed by atoms with Gasteiger partial charge in [0.15, 0.2) is 11.5 Å². The molecule has 0 aliphatic carbocycles. The van der Waals surface area contributed by atoms with Gasteiger partial charge in [-0.15, -0.1) is 0 Å². The number of nitrogens with one attached hydrogen (secondary N) is 4. The molecule has 0 bridgehead atoms. The molecule has 2 aromatic rings. The second-order valence-electron chi connectivity index (χ2n) is 10.3. The maximum atomic E-state index is 12.7. The van der Waals surface area contributed by atoms with Gasteiger partial charge in [-0.2, -0.15) is 0 Å². The Labute approximate surface area is 236 Å². The topological polar surface area (TPSA) is 91.5 Å². The largest absolute Gasteiger partial charge is 0.452 e. The van der Waals surface area contributed by atoms with Crippen LogP contribution >= 0.6 is 23.2 Å². The van der Waals surface area contributed by atoms with E-state index in [-0.39, 0.29) is 12.1 Å². The third-order valence-electron chi connectivity index (χ3n) is 6.79. The zero-order valence-electron chi connectivity index (χ0n) is 22.9. The average Bonchev–Trinajstić information content (AvgIpc) is 2.85. The number of fused-ring (bicyclic) bond motifs is 2. The van der Waals surface area contributed by atoms with Crippen LogP contribution in [0.5, 0.6) is 11.5 Å². The standard InChI is InChI=1S/C29H40Cl2N4O3/c1-5-7-9-11-13-32-27(36)34-23-17-19(30)15-21-25(23)38-26-22(29(21,3)4)16-20(31)18-24(26)35-28(37)33-14-12-10-8-6-2/h15-18H,5-14H2,1-4H3,(H2,32,34,36)(H2,33,35,37). The van der Waals surface area contributed by atoms with Crippen molar-refractivity contribution in [3.63, 3.8) is 0 Å². The fourth-order valence-corrected chi connectivity index (χ4v) is 5.05. The molecule has 0 unspecified atom stereocenters. The summed E-state index contributed by atoms with van der Waals surface area (Å²) >= 11 is 12.9. The van der Waals surface area contributed by atoms with Gasteiger partial charge in [-0.05, 0) is 37.1 Å². The minimum absolute atomic E-state index is 0.324. The summed E-state index contributed by atoms with van der Waals surface area (Å²) in [5, 5.41) is 12.6. The number of halogens is 2. The van der Waals surface area contributed by atoms with Crippen LogP contribution in [0.4, 0.5) is 21.0 Å². The number of urea groups is 2. The van der Waals surface area contributed by atoms with E-state index < -0.39 is 5.41 Å². The summed E-state index contributed by atoms with van der Waals surface area (Å²) < 4.78 is 6.40. The third-order valence-corrected chi connectivity index (χ3v) is 7.22. The molecule has 2 aromatic carbocycles. The Morgan fingerprint density at radius 1 is 0.711 bits per heavy atom. The van der Waals surface area contributed by atoms with E-state index in [1.54, 1.807) is 12.1 Å². The number of hydrogen-bond donors (Lipinski definition) is 4. The highest BCUT2D eigenvalue weighted by molar-refractivity contribution is 6.31. The monoisotopic (exact) mass is 562 g/mol. The van der Waals surface area contributed by atoms with E-state index in [0.29, 0.717) is 46.0 Å². The summed E-state index contributed by atoms with van der Waals surface area (Å²) in [5.74, 6) is 0.969. The van der Waals surface area contributed by atoms with E-state index >= 15 is 0 Å². The van der Waals surface area contributed by atoms with E-state index in [9.17, 15) is 9.59 Å². The molecular weight excluding hydrogens is 523 g/mol. The van der Waals surface area contributed by atoms with Crippen molar-refractivity contribution in [2.24, 2.45) is 0 Å². The number of amides is 4. The van der Waals surface area contributed by atoms with Gasteiger partial charge in [0.25, 0.3) is 0 Å². The molecule has 4 amide bonds. The Morgan fingerprint density at radius 2 is 1.13 bits per heavy atom. The molecule has 0 aromatic heterocycles. The Bertz CT molecular complexity index is 1050. The van der Waals surface area contributed by atoms with Crippen LogP contribution < -0.4 is 26.0 Å². The smallest absolute Gasteiger partial charge is 0.319 e. The van der Waals surface area contributed by atoms with Crippen LogP contribution in [0, 0.1) is 0 Å². The molecule has 0 radical (unpaired) electrons. The summed E-state index contributed by atoms with van der Waals surface area (Å²) in [5.41, 5.74) is 1.96. The lowest BCUT2D eigenvalue weighted by Crippen LogP contribution is -2.32. The van der Waals surface area contributed by atoms with Crippen molar-refractivity contribution in [1.82, 2.24) is 10.6 Å². The Hall–Kier alpha value is -2.64. The molecular formula is C29H40Cl2N4O3. The van der Waals surface area contributed by atoms with Crippen molar-refractivity contribution < 1.29 is 14.3 Å². The van der Waals surface area contributed by atoms with Gasteiger partial charge < -0.3 is 26.0 Å². The van der Waals surface area contributed by atoms with Crippen LogP contribution in [-0.2, 0) is 5.41 Å².